The molecule has 0 unspecified atom stereocenters. The van der Waals surface area contributed by atoms with Crippen molar-refractivity contribution in [3.8, 4) is 0 Å². The molecule has 4 rings (SSSR count). The van der Waals surface area contributed by atoms with Crippen molar-refractivity contribution in [2.75, 3.05) is 13.2 Å². The summed E-state index contributed by atoms with van der Waals surface area (Å²) in [6.07, 6.45) is 2.34. The standard InChI is InChI=1S/C16H16O2/c1-2-4-13-9-14(6-5-12(13)3-1)15-17-10-16(7-8-16)11-18-15/h1-6,9,15H,7-8,10-11H2. The van der Waals surface area contributed by atoms with Crippen molar-refractivity contribution in [3.05, 3.63) is 48.0 Å². The van der Waals surface area contributed by atoms with Gasteiger partial charge in [-0.1, -0.05) is 36.4 Å². The molecule has 0 radical (unpaired) electrons. The predicted molar refractivity (Wildman–Crippen MR) is 70.3 cm³/mol. The minimum atomic E-state index is -0.180. The molecule has 2 heteroatoms. The molecule has 2 aromatic rings. The van der Waals surface area contributed by atoms with Crippen LogP contribution in [-0.2, 0) is 9.47 Å². The van der Waals surface area contributed by atoms with Crippen LogP contribution in [0.5, 0.6) is 0 Å². The second-order valence-electron chi connectivity index (χ2n) is 5.56. The first-order valence-corrected chi connectivity index (χ1v) is 6.57. The van der Waals surface area contributed by atoms with Crippen LogP contribution in [-0.4, -0.2) is 13.2 Å². The summed E-state index contributed by atoms with van der Waals surface area (Å²) in [4.78, 5) is 0. The summed E-state index contributed by atoms with van der Waals surface area (Å²) in [5.74, 6) is 0. The van der Waals surface area contributed by atoms with Crippen molar-refractivity contribution < 1.29 is 9.47 Å². The zero-order valence-electron chi connectivity index (χ0n) is 10.3. The molecule has 2 nitrogen and oxygen atoms in total. The Morgan fingerprint density at radius 2 is 1.61 bits per heavy atom. The molecule has 0 bridgehead atoms. The third-order valence-electron chi connectivity index (χ3n) is 4.08. The molecule has 92 valence electrons. The lowest BCUT2D eigenvalue weighted by molar-refractivity contribution is -0.212. The second kappa shape index (κ2) is 3.81. The minimum Gasteiger partial charge on any atom is -0.348 e. The van der Waals surface area contributed by atoms with Crippen molar-refractivity contribution in [1.29, 1.82) is 0 Å². The van der Waals surface area contributed by atoms with E-state index in [1.165, 1.54) is 23.6 Å². The van der Waals surface area contributed by atoms with Crippen molar-refractivity contribution in [1.82, 2.24) is 0 Å². The average Bonchev–Trinajstić information content (AvgIpc) is 3.19. The minimum absolute atomic E-state index is 0.180. The van der Waals surface area contributed by atoms with Crippen LogP contribution in [0.1, 0.15) is 24.7 Å². The molecule has 18 heavy (non-hydrogen) atoms. The molecule has 2 fully saturated rings. The normalized spacial score (nSPS) is 22.4. The smallest absolute Gasteiger partial charge is 0.183 e. The lowest BCUT2D eigenvalue weighted by Gasteiger charge is -2.29. The average molecular weight is 240 g/mol. The maximum Gasteiger partial charge on any atom is 0.183 e. The van der Waals surface area contributed by atoms with Gasteiger partial charge in [0, 0.05) is 11.0 Å². The lowest BCUT2D eigenvalue weighted by Crippen LogP contribution is -2.28. The SMILES string of the molecule is c1ccc2cc(C3OCC4(CC4)CO3)ccc2c1. The first-order valence-electron chi connectivity index (χ1n) is 6.57. The highest BCUT2D eigenvalue weighted by Gasteiger charge is 2.47. The van der Waals surface area contributed by atoms with E-state index in [0.717, 1.165) is 18.8 Å². The van der Waals surface area contributed by atoms with Gasteiger partial charge in [-0.05, 0) is 29.7 Å². The fourth-order valence-corrected chi connectivity index (χ4v) is 2.61. The van der Waals surface area contributed by atoms with E-state index < -0.39 is 0 Å². The molecule has 2 aromatic carbocycles. The van der Waals surface area contributed by atoms with Gasteiger partial charge in [-0.25, -0.2) is 0 Å². The van der Waals surface area contributed by atoms with Gasteiger partial charge in [-0.3, -0.25) is 0 Å². The fraction of sp³-hybridized carbons (Fsp3) is 0.375. The zero-order chi connectivity index (χ0) is 12.0. The number of ether oxygens (including phenoxy) is 2. The van der Waals surface area contributed by atoms with Crippen molar-refractivity contribution >= 4 is 10.8 Å². The number of benzene rings is 2. The molecule has 0 amide bonds. The fourth-order valence-electron chi connectivity index (χ4n) is 2.61. The van der Waals surface area contributed by atoms with E-state index in [4.69, 9.17) is 9.47 Å². The highest BCUT2D eigenvalue weighted by molar-refractivity contribution is 5.83. The van der Waals surface area contributed by atoms with Gasteiger partial charge in [-0.2, -0.15) is 0 Å². The number of hydrogen-bond acceptors (Lipinski definition) is 2. The Bertz CT molecular complexity index is 576. The van der Waals surface area contributed by atoms with Crippen LogP contribution in [0.25, 0.3) is 10.8 Å². The molecule has 0 aromatic heterocycles. The summed E-state index contributed by atoms with van der Waals surface area (Å²) < 4.78 is 11.7. The summed E-state index contributed by atoms with van der Waals surface area (Å²) in [7, 11) is 0. The molecule has 0 N–H and O–H groups in total. The van der Waals surface area contributed by atoms with E-state index in [9.17, 15) is 0 Å². The van der Waals surface area contributed by atoms with E-state index in [1.54, 1.807) is 0 Å². The van der Waals surface area contributed by atoms with Crippen LogP contribution in [0, 0.1) is 5.41 Å². The summed E-state index contributed by atoms with van der Waals surface area (Å²) in [6, 6.07) is 14.8. The molecule has 1 saturated carbocycles. The van der Waals surface area contributed by atoms with Crippen LogP contribution >= 0.6 is 0 Å². The molecule has 2 aliphatic rings. The number of hydrogen-bond donors (Lipinski definition) is 0. The lowest BCUT2D eigenvalue weighted by atomic mass is 10.1. The van der Waals surface area contributed by atoms with Gasteiger partial charge in [0.25, 0.3) is 0 Å². The summed E-state index contributed by atoms with van der Waals surface area (Å²) in [6.45, 7) is 1.70. The monoisotopic (exact) mass is 240 g/mol. The molecule has 1 spiro atoms. The van der Waals surface area contributed by atoms with Gasteiger partial charge >= 0.3 is 0 Å². The van der Waals surface area contributed by atoms with Gasteiger partial charge in [0.2, 0.25) is 0 Å². The molecule has 1 heterocycles. The van der Waals surface area contributed by atoms with E-state index >= 15 is 0 Å². The summed E-state index contributed by atoms with van der Waals surface area (Å²) in [5.41, 5.74) is 1.50. The van der Waals surface area contributed by atoms with Crippen LogP contribution in [0.3, 0.4) is 0 Å². The van der Waals surface area contributed by atoms with E-state index in [1.807, 2.05) is 0 Å². The first kappa shape index (κ1) is 10.5. The Morgan fingerprint density at radius 1 is 0.889 bits per heavy atom. The van der Waals surface area contributed by atoms with Gasteiger partial charge < -0.3 is 9.47 Å². The summed E-state index contributed by atoms with van der Waals surface area (Å²) in [5, 5.41) is 2.50. The van der Waals surface area contributed by atoms with E-state index in [-0.39, 0.29) is 6.29 Å². The van der Waals surface area contributed by atoms with Gasteiger partial charge in [-0.15, -0.1) is 0 Å². The quantitative estimate of drug-likeness (QED) is 0.757. The highest BCUT2D eigenvalue weighted by Crippen LogP contribution is 2.50. The number of rotatable bonds is 1. The molecule has 1 saturated heterocycles. The molecule has 0 atom stereocenters. The van der Waals surface area contributed by atoms with Crippen LogP contribution < -0.4 is 0 Å². The molecule has 1 aliphatic heterocycles. The van der Waals surface area contributed by atoms with E-state index in [2.05, 4.69) is 42.5 Å². The van der Waals surface area contributed by atoms with Crippen molar-refractivity contribution in [3.63, 3.8) is 0 Å². The Kier molecular flexibility index (Phi) is 2.23. The third kappa shape index (κ3) is 1.73. The topological polar surface area (TPSA) is 18.5 Å². The van der Waals surface area contributed by atoms with Crippen molar-refractivity contribution in [2.45, 2.75) is 19.1 Å². The Hall–Kier alpha value is -1.38. The second-order valence-corrected chi connectivity index (χ2v) is 5.56. The Morgan fingerprint density at radius 3 is 2.33 bits per heavy atom. The van der Waals surface area contributed by atoms with Crippen LogP contribution in [0.4, 0.5) is 0 Å². The maximum atomic E-state index is 5.87. The largest absolute Gasteiger partial charge is 0.348 e. The predicted octanol–water partition coefficient (Wildman–Crippen LogP) is 3.67. The highest BCUT2D eigenvalue weighted by atomic mass is 16.7. The number of fused-ring (bicyclic) bond motifs is 1. The van der Waals surface area contributed by atoms with Crippen molar-refractivity contribution in [2.24, 2.45) is 5.41 Å². The maximum absolute atomic E-state index is 5.87. The Balaban J connectivity index is 1.62. The molecular weight excluding hydrogens is 224 g/mol. The molecule has 1 aliphatic carbocycles. The molecular formula is C16H16O2. The summed E-state index contributed by atoms with van der Waals surface area (Å²) >= 11 is 0. The third-order valence-corrected chi connectivity index (χ3v) is 4.08. The van der Waals surface area contributed by atoms with Crippen LogP contribution in [0.2, 0.25) is 0 Å². The first-order chi connectivity index (χ1) is 8.85. The van der Waals surface area contributed by atoms with Gasteiger partial charge in [0.15, 0.2) is 6.29 Å². The Labute approximate surface area is 107 Å². The van der Waals surface area contributed by atoms with Crippen LogP contribution in [0.15, 0.2) is 42.5 Å². The zero-order valence-corrected chi connectivity index (χ0v) is 10.3. The van der Waals surface area contributed by atoms with Gasteiger partial charge in [0.05, 0.1) is 13.2 Å². The van der Waals surface area contributed by atoms with Gasteiger partial charge in [0.1, 0.15) is 0 Å². The van der Waals surface area contributed by atoms with E-state index in [0.29, 0.717) is 5.41 Å².